The highest BCUT2D eigenvalue weighted by molar-refractivity contribution is 4.78. The molecule has 0 amide bonds. The number of ether oxygens (including phenoxy) is 1. The normalized spacial score (nSPS) is 49.2. The Labute approximate surface area is 59.1 Å². The Hall–Kier alpha value is -0.160. The summed E-state index contributed by atoms with van der Waals surface area (Å²) in [7, 11) is 0. The van der Waals surface area contributed by atoms with Crippen LogP contribution in [-0.2, 0) is 4.74 Å². The first kappa shape index (κ1) is 7.94. The van der Waals surface area contributed by atoms with E-state index in [0.717, 1.165) is 0 Å². The molecule has 3 N–H and O–H groups in total. The van der Waals surface area contributed by atoms with Gasteiger partial charge in [-0.3, -0.25) is 0 Å². The minimum atomic E-state index is -0.937. The third kappa shape index (κ3) is 1.46. The number of aliphatic hydroxyl groups is 3. The van der Waals surface area contributed by atoms with Gasteiger partial charge in [0.25, 0.3) is 0 Å². The molecule has 1 unspecified atom stereocenters. The van der Waals surface area contributed by atoms with Crippen LogP contribution in [0.15, 0.2) is 0 Å². The summed E-state index contributed by atoms with van der Waals surface area (Å²) < 4.78 is 4.81. The van der Waals surface area contributed by atoms with Crippen molar-refractivity contribution in [2.75, 3.05) is 0 Å². The third-order valence-corrected chi connectivity index (χ3v) is 1.69. The molecule has 10 heavy (non-hydrogen) atoms. The highest BCUT2D eigenvalue weighted by atomic mass is 16.6. The standard InChI is InChI=1S/C6H12O4/c1-3-6(9)4(7)2-5(8)10-3/h3-9H,2H2,1H3/t3-,4-,5?,6+/m1/s1. The number of hydrogen-bond acceptors (Lipinski definition) is 4. The van der Waals surface area contributed by atoms with Crippen LogP contribution in [-0.4, -0.2) is 39.9 Å². The maximum atomic E-state index is 9.08. The van der Waals surface area contributed by atoms with Crippen LogP contribution < -0.4 is 0 Å². The van der Waals surface area contributed by atoms with E-state index in [-0.39, 0.29) is 6.42 Å². The molecule has 0 aliphatic carbocycles. The van der Waals surface area contributed by atoms with Gasteiger partial charge in [0, 0.05) is 6.42 Å². The van der Waals surface area contributed by atoms with Crippen LogP contribution in [0.1, 0.15) is 13.3 Å². The van der Waals surface area contributed by atoms with Crippen molar-refractivity contribution in [2.24, 2.45) is 0 Å². The van der Waals surface area contributed by atoms with E-state index in [4.69, 9.17) is 20.1 Å². The van der Waals surface area contributed by atoms with Gasteiger partial charge in [0.05, 0.1) is 12.2 Å². The Morgan fingerprint density at radius 3 is 2.40 bits per heavy atom. The van der Waals surface area contributed by atoms with E-state index in [0.29, 0.717) is 0 Å². The molecule has 4 nitrogen and oxygen atoms in total. The van der Waals surface area contributed by atoms with Gasteiger partial charge in [0.1, 0.15) is 6.10 Å². The molecule has 0 spiro atoms. The number of aliphatic hydroxyl groups excluding tert-OH is 3. The number of hydrogen-bond donors (Lipinski definition) is 3. The summed E-state index contributed by atoms with van der Waals surface area (Å²) in [5.74, 6) is 0. The lowest BCUT2D eigenvalue weighted by Gasteiger charge is -2.32. The van der Waals surface area contributed by atoms with Crippen LogP contribution in [0, 0.1) is 0 Å². The van der Waals surface area contributed by atoms with E-state index in [2.05, 4.69) is 0 Å². The molecule has 1 aliphatic rings. The minimum absolute atomic E-state index is 0.0888. The minimum Gasteiger partial charge on any atom is -0.390 e. The lowest BCUT2D eigenvalue weighted by Crippen LogP contribution is -2.46. The Morgan fingerprint density at radius 2 is 1.90 bits per heavy atom. The molecule has 0 aromatic heterocycles. The van der Waals surface area contributed by atoms with Crippen LogP contribution >= 0.6 is 0 Å². The first-order chi connectivity index (χ1) is 4.61. The molecule has 1 saturated heterocycles. The number of rotatable bonds is 0. The van der Waals surface area contributed by atoms with Gasteiger partial charge in [0.15, 0.2) is 6.29 Å². The molecule has 0 saturated carbocycles. The molecule has 0 bridgehead atoms. The maximum absolute atomic E-state index is 9.08. The molecule has 1 rings (SSSR count). The van der Waals surface area contributed by atoms with Crippen LogP contribution in [0.5, 0.6) is 0 Å². The topological polar surface area (TPSA) is 69.9 Å². The van der Waals surface area contributed by atoms with E-state index in [9.17, 15) is 0 Å². The van der Waals surface area contributed by atoms with Crippen LogP contribution in [0.3, 0.4) is 0 Å². The third-order valence-electron chi connectivity index (χ3n) is 1.69. The maximum Gasteiger partial charge on any atom is 0.157 e. The zero-order valence-electron chi connectivity index (χ0n) is 5.77. The summed E-state index contributed by atoms with van der Waals surface area (Å²) in [6, 6.07) is 0. The van der Waals surface area contributed by atoms with Crippen molar-refractivity contribution in [1.29, 1.82) is 0 Å². The second-order valence-electron chi connectivity index (χ2n) is 2.59. The van der Waals surface area contributed by atoms with Gasteiger partial charge < -0.3 is 20.1 Å². The van der Waals surface area contributed by atoms with Gasteiger partial charge in [-0.15, -0.1) is 0 Å². The molecule has 0 radical (unpaired) electrons. The molecular formula is C6H12O4. The first-order valence-electron chi connectivity index (χ1n) is 3.31. The molecule has 1 aliphatic heterocycles. The average Bonchev–Trinajstić information content (AvgIpc) is 1.82. The quantitative estimate of drug-likeness (QED) is 0.405. The summed E-state index contributed by atoms with van der Waals surface area (Å²) >= 11 is 0. The van der Waals surface area contributed by atoms with Crippen molar-refractivity contribution in [3.63, 3.8) is 0 Å². The average molecular weight is 148 g/mol. The van der Waals surface area contributed by atoms with Crippen molar-refractivity contribution in [3.8, 4) is 0 Å². The van der Waals surface area contributed by atoms with Gasteiger partial charge in [-0.1, -0.05) is 0 Å². The Balaban J connectivity index is 2.49. The second kappa shape index (κ2) is 2.84. The van der Waals surface area contributed by atoms with E-state index in [1.807, 2.05) is 0 Å². The molecule has 0 aromatic carbocycles. The SMILES string of the molecule is C[C@H]1OC(O)C[C@@H](O)[C@H]1O. The highest BCUT2D eigenvalue weighted by Gasteiger charge is 2.32. The second-order valence-corrected chi connectivity index (χ2v) is 2.59. The summed E-state index contributed by atoms with van der Waals surface area (Å²) in [6.45, 7) is 1.61. The van der Waals surface area contributed by atoms with Crippen molar-refractivity contribution >= 4 is 0 Å². The Kier molecular flexibility index (Phi) is 2.25. The summed E-state index contributed by atoms with van der Waals surface area (Å²) in [5, 5.41) is 27.0. The molecule has 4 heteroatoms. The monoisotopic (exact) mass is 148 g/mol. The van der Waals surface area contributed by atoms with Gasteiger partial charge in [-0.05, 0) is 6.92 Å². The van der Waals surface area contributed by atoms with Gasteiger partial charge in [-0.25, -0.2) is 0 Å². The fourth-order valence-electron chi connectivity index (χ4n) is 1.04. The van der Waals surface area contributed by atoms with Gasteiger partial charge >= 0.3 is 0 Å². The lowest BCUT2D eigenvalue weighted by atomic mass is 10.0. The van der Waals surface area contributed by atoms with E-state index in [1.54, 1.807) is 6.92 Å². The smallest absolute Gasteiger partial charge is 0.157 e. The predicted molar refractivity (Wildman–Crippen MR) is 33.2 cm³/mol. The molecule has 4 atom stereocenters. The van der Waals surface area contributed by atoms with Crippen molar-refractivity contribution < 1.29 is 20.1 Å². The molecule has 1 heterocycles. The molecular weight excluding hydrogens is 136 g/mol. The zero-order valence-corrected chi connectivity index (χ0v) is 5.77. The van der Waals surface area contributed by atoms with Crippen LogP contribution in [0.25, 0.3) is 0 Å². The van der Waals surface area contributed by atoms with E-state index >= 15 is 0 Å². The van der Waals surface area contributed by atoms with Crippen LogP contribution in [0.2, 0.25) is 0 Å². The van der Waals surface area contributed by atoms with Gasteiger partial charge in [0.2, 0.25) is 0 Å². The fraction of sp³-hybridized carbons (Fsp3) is 1.00. The summed E-state index contributed by atoms with van der Waals surface area (Å²) in [4.78, 5) is 0. The van der Waals surface area contributed by atoms with Crippen LogP contribution in [0.4, 0.5) is 0 Å². The van der Waals surface area contributed by atoms with E-state index in [1.165, 1.54) is 0 Å². The van der Waals surface area contributed by atoms with Crippen molar-refractivity contribution in [1.82, 2.24) is 0 Å². The first-order valence-corrected chi connectivity index (χ1v) is 3.31. The highest BCUT2D eigenvalue weighted by Crippen LogP contribution is 2.17. The predicted octanol–water partition coefficient (Wildman–Crippen LogP) is -1.16. The van der Waals surface area contributed by atoms with Gasteiger partial charge in [-0.2, -0.15) is 0 Å². The molecule has 0 aromatic rings. The zero-order chi connectivity index (χ0) is 7.72. The largest absolute Gasteiger partial charge is 0.390 e. The molecule has 1 fully saturated rings. The summed E-state index contributed by atoms with van der Waals surface area (Å²) in [6.07, 6.45) is -3.07. The molecule has 60 valence electrons. The fourth-order valence-corrected chi connectivity index (χ4v) is 1.04. The lowest BCUT2D eigenvalue weighted by molar-refractivity contribution is -0.226. The van der Waals surface area contributed by atoms with Crippen molar-refractivity contribution in [3.05, 3.63) is 0 Å². The van der Waals surface area contributed by atoms with Crippen molar-refractivity contribution in [2.45, 2.75) is 37.9 Å². The Bertz CT molecular complexity index is 104. The summed E-state index contributed by atoms with van der Waals surface area (Å²) in [5.41, 5.74) is 0. The Morgan fingerprint density at radius 1 is 1.30 bits per heavy atom. The van der Waals surface area contributed by atoms with E-state index < -0.39 is 24.6 Å².